The van der Waals surface area contributed by atoms with Crippen LogP contribution in [0.15, 0.2) is 24.4 Å². The van der Waals surface area contributed by atoms with E-state index in [1.807, 2.05) is 13.8 Å². The largest absolute Gasteiger partial charge is 0.438 e. The van der Waals surface area contributed by atoms with Gasteiger partial charge in [-0.2, -0.15) is 13.2 Å². The molecule has 1 aromatic heterocycles. The number of rotatable bonds is 4. The number of nitrogens with zero attached hydrogens (tertiary/aromatic N) is 1. The van der Waals surface area contributed by atoms with Crippen molar-refractivity contribution in [2.45, 2.75) is 31.7 Å². The third-order valence-corrected chi connectivity index (χ3v) is 5.43. The van der Waals surface area contributed by atoms with Crippen LogP contribution in [0.2, 0.25) is 5.02 Å². The lowest BCUT2D eigenvalue weighted by atomic mass is 9.97. The molecule has 28 heavy (non-hydrogen) atoms. The molecule has 2 heterocycles. The first kappa shape index (κ1) is 20.5. The molecule has 0 aliphatic carbocycles. The minimum absolute atomic E-state index is 0.141. The van der Waals surface area contributed by atoms with E-state index in [4.69, 9.17) is 16.3 Å². The van der Waals surface area contributed by atoms with E-state index in [2.05, 4.69) is 10.3 Å². The summed E-state index contributed by atoms with van der Waals surface area (Å²) < 4.78 is 43.7. The van der Waals surface area contributed by atoms with Crippen molar-refractivity contribution in [2.24, 2.45) is 0 Å². The van der Waals surface area contributed by atoms with Crippen LogP contribution in [-0.2, 0) is 17.4 Å². The number of ether oxygens (including phenoxy) is 1. The van der Waals surface area contributed by atoms with E-state index in [-0.39, 0.29) is 22.0 Å². The second-order valence-electron chi connectivity index (χ2n) is 6.23. The van der Waals surface area contributed by atoms with Gasteiger partial charge in [0.1, 0.15) is 10.8 Å². The Morgan fingerprint density at radius 3 is 2.36 bits per heavy atom. The van der Waals surface area contributed by atoms with E-state index in [1.165, 1.54) is 0 Å². The lowest BCUT2D eigenvalue weighted by Gasteiger charge is -2.15. The Balaban J connectivity index is 1.81. The number of hydrogen-bond acceptors (Lipinski definition) is 5. The summed E-state index contributed by atoms with van der Waals surface area (Å²) in [6.45, 7) is 3.63. The molecule has 0 radical (unpaired) electrons. The number of alkyl halides is 3. The van der Waals surface area contributed by atoms with E-state index in [0.29, 0.717) is 18.4 Å². The topological polar surface area (TPSA) is 68.3 Å². The number of pyridine rings is 1. The predicted octanol–water partition coefficient (Wildman–Crippen LogP) is 5.06. The molecule has 1 aliphatic rings. The fourth-order valence-corrected chi connectivity index (χ4v) is 3.85. The third-order valence-electron chi connectivity index (χ3n) is 4.18. The Hall–Kier alpha value is -2.26. The average Bonchev–Trinajstić information content (AvgIpc) is 2.89. The van der Waals surface area contributed by atoms with Crippen molar-refractivity contribution < 1.29 is 27.5 Å². The highest BCUT2D eigenvalue weighted by atomic mass is 35.5. The summed E-state index contributed by atoms with van der Waals surface area (Å²) >= 11 is 6.82. The van der Waals surface area contributed by atoms with Gasteiger partial charge in [0.05, 0.1) is 10.8 Å². The monoisotopic (exact) mass is 430 g/mol. The van der Waals surface area contributed by atoms with Crippen molar-refractivity contribution >= 4 is 34.5 Å². The van der Waals surface area contributed by atoms with E-state index in [0.717, 1.165) is 34.5 Å². The van der Waals surface area contributed by atoms with Crippen LogP contribution >= 0.6 is 23.4 Å². The molecule has 3 rings (SSSR count). The van der Waals surface area contributed by atoms with Gasteiger partial charge < -0.3 is 4.74 Å². The smallest absolute Gasteiger partial charge is 0.417 e. The zero-order valence-corrected chi connectivity index (χ0v) is 16.3. The Morgan fingerprint density at radius 1 is 1.21 bits per heavy atom. The first-order valence-electron chi connectivity index (χ1n) is 8.07. The fourth-order valence-electron chi connectivity index (χ4n) is 2.81. The number of hydrogen-bond donors (Lipinski definition) is 1. The second kappa shape index (κ2) is 7.63. The normalized spacial score (nSPS) is 17.0. The number of carbonyl (C=O) groups is 2. The molecule has 1 aromatic carbocycles. The van der Waals surface area contributed by atoms with Gasteiger partial charge in [0, 0.05) is 6.20 Å². The van der Waals surface area contributed by atoms with Gasteiger partial charge in [-0.05, 0) is 55.2 Å². The number of imide groups is 1. The number of nitrogens with one attached hydrogen (secondary N) is 1. The van der Waals surface area contributed by atoms with Gasteiger partial charge in [0.15, 0.2) is 0 Å². The molecule has 0 saturated carbocycles. The molecule has 148 valence electrons. The maximum absolute atomic E-state index is 12.7. The number of benzene rings is 1. The molecule has 1 atom stereocenters. The number of aryl methyl sites for hydroxylation is 2. The van der Waals surface area contributed by atoms with E-state index in [9.17, 15) is 22.8 Å². The Morgan fingerprint density at radius 2 is 1.86 bits per heavy atom. The number of halogens is 4. The molecule has 5 nitrogen and oxygen atoms in total. The molecule has 10 heteroatoms. The maximum Gasteiger partial charge on any atom is 0.417 e. The molecule has 0 bridgehead atoms. The van der Waals surface area contributed by atoms with E-state index in [1.54, 1.807) is 12.1 Å². The summed E-state index contributed by atoms with van der Waals surface area (Å²) in [7, 11) is 0. The summed E-state index contributed by atoms with van der Waals surface area (Å²) in [6, 6.07) is 4.11. The van der Waals surface area contributed by atoms with Crippen molar-refractivity contribution in [1.82, 2.24) is 10.3 Å². The molecule has 1 unspecified atom stereocenters. The molecule has 0 spiro atoms. The van der Waals surface area contributed by atoms with Crippen LogP contribution in [-0.4, -0.2) is 21.4 Å². The summed E-state index contributed by atoms with van der Waals surface area (Å²) in [5.41, 5.74) is 1.55. The quantitative estimate of drug-likeness (QED) is 0.734. The Bertz CT molecular complexity index is 943. The third kappa shape index (κ3) is 4.41. The van der Waals surface area contributed by atoms with Crippen LogP contribution in [0.5, 0.6) is 11.6 Å². The summed E-state index contributed by atoms with van der Waals surface area (Å²) in [4.78, 5) is 26.8. The molecular formula is C18H14ClF3N2O3S. The summed E-state index contributed by atoms with van der Waals surface area (Å²) in [5.74, 6) is -0.111. The molecular weight excluding hydrogens is 417 g/mol. The van der Waals surface area contributed by atoms with Crippen LogP contribution in [0.1, 0.15) is 22.3 Å². The number of carbonyl (C=O) groups excluding carboxylic acids is 2. The fraction of sp³-hybridized carbons (Fsp3) is 0.278. The SMILES string of the molecule is Cc1cc(Oc2ncc(C(F)(F)F)cc2Cl)cc(C)c1CC1SC(=O)NC1=O. The minimum atomic E-state index is -4.55. The van der Waals surface area contributed by atoms with Gasteiger partial charge in [-0.3, -0.25) is 14.9 Å². The average molecular weight is 431 g/mol. The first-order valence-corrected chi connectivity index (χ1v) is 9.32. The summed E-state index contributed by atoms with van der Waals surface area (Å²) in [6.07, 6.45) is -3.52. The van der Waals surface area contributed by atoms with Crippen LogP contribution in [0.4, 0.5) is 18.0 Å². The van der Waals surface area contributed by atoms with Gasteiger partial charge in [-0.1, -0.05) is 23.4 Å². The van der Waals surface area contributed by atoms with Crippen molar-refractivity contribution in [2.75, 3.05) is 0 Å². The highest BCUT2D eigenvalue weighted by Crippen LogP contribution is 2.36. The van der Waals surface area contributed by atoms with Gasteiger partial charge in [-0.25, -0.2) is 4.98 Å². The van der Waals surface area contributed by atoms with E-state index >= 15 is 0 Å². The second-order valence-corrected chi connectivity index (χ2v) is 7.82. The number of aromatic nitrogens is 1. The lowest BCUT2D eigenvalue weighted by molar-refractivity contribution is -0.137. The van der Waals surface area contributed by atoms with Crippen LogP contribution in [0.25, 0.3) is 0 Å². The number of thioether (sulfide) groups is 1. The standard InChI is InChI=1S/C18H14ClF3N2O3S/c1-8-3-11(27-16-13(19)5-10(7-23-16)18(20,21)22)4-9(2)12(8)6-14-15(25)24-17(26)28-14/h3-5,7,14H,6H2,1-2H3,(H,24,25,26). The van der Waals surface area contributed by atoms with Crippen molar-refractivity contribution in [3.63, 3.8) is 0 Å². The minimum Gasteiger partial charge on any atom is -0.438 e. The lowest BCUT2D eigenvalue weighted by Crippen LogP contribution is -2.25. The number of amides is 2. The van der Waals surface area contributed by atoms with Crippen LogP contribution in [0.3, 0.4) is 0 Å². The molecule has 1 saturated heterocycles. The van der Waals surface area contributed by atoms with Gasteiger partial charge >= 0.3 is 6.18 Å². The summed E-state index contributed by atoms with van der Waals surface area (Å²) in [5, 5.41) is 1.13. The van der Waals surface area contributed by atoms with E-state index < -0.39 is 17.0 Å². The zero-order valence-electron chi connectivity index (χ0n) is 14.7. The van der Waals surface area contributed by atoms with Crippen LogP contribution < -0.4 is 10.1 Å². The van der Waals surface area contributed by atoms with Gasteiger partial charge in [0.25, 0.3) is 5.24 Å². The van der Waals surface area contributed by atoms with Crippen LogP contribution in [0, 0.1) is 13.8 Å². The molecule has 1 N–H and O–H groups in total. The van der Waals surface area contributed by atoms with Crippen molar-refractivity contribution in [1.29, 1.82) is 0 Å². The zero-order chi connectivity index (χ0) is 20.6. The molecule has 2 aromatic rings. The molecule has 1 fully saturated rings. The Kier molecular flexibility index (Phi) is 5.58. The van der Waals surface area contributed by atoms with Crippen molar-refractivity contribution in [3.05, 3.63) is 51.7 Å². The highest BCUT2D eigenvalue weighted by molar-refractivity contribution is 8.15. The predicted molar refractivity (Wildman–Crippen MR) is 98.9 cm³/mol. The maximum atomic E-state index is 12.7. The molecule has 2 amide bonds. The highest BCUT2D eigenvalue weighted by Gasteiger charge is 2.33. The van der Waals surface area contributed by atoms with Gasteiger partial charge in [0.2, 0.25) is 11.8 Å². The van der Waals surface area contributed by atoms with Gasteiger partial charge in [-0.15, -0.1) is 0 Å². The Labute approximate surface area is 167 Å². The molecule has 1 aliphatic heterocycles. The first-order chi connectivity index (χ1) is 13.0. The van der Waals surface area contributed by atoms with Crippen molar-refractivity contribution in [3.8, 4) is 11.6 Å².